The molecular weight excluding hydrogens is 418 g/mol. The van der Waals surface area contributed by atoms with Crippen molar-refractivity contribution in [2.45, 2.75) is 31.7 Å². The molecule has 2 heterocycles. The van der Waals surface area contributed by atoms with Crippen molar-refractivity contribution in [3.8, 4) is 17.6 Å². The molecule has 0 aliphatic carbocycles. The number of carbonyl (C=O) groups is 2. The van der Waals surface area contributed by atoms with E-state index in [4.69, 9.17) is 9.47 Å². The molecule has 7 heteroatoms. The van der Waals surface area contributed by atoms with E-state index in [1.807, 2.05) is 53.4 Å². The first kappa shape index (κ1) is 22.7. The van der Waals surface area contributed by atoms with E-state index in [2.05, 4.69) is 6.07 Å². The maximum absolute atomic E-state index is 13.8. The third-order valence-corrected chi connectivity index (χ3v) is 6.71. The van der Waals surface area contributed by atoms with Gasteiger partial charge in [-0.2, -0.15) is 5.26 Å². The molecule has 0 saturated carbocycles. The number of piperidine rings is 2. The van der Waals surface area contributed by atoms with Crippen molar-refractivity contribution in [3.63, 3.8) is 0 Å². The molecule has 2 saturated heterocycles. The van der Waals surface area contributed by atoms with Crippen LogP contribution in [0.15, 0.2) is 48.5 Å². The normalized spacial score (nSPS) is 21.4. The third-order valence-electron chi connectivity index (χ3n) is 6.71. The van der Waals surface area contributed by atoms with E-state index >= 15 is 0 Å². The number of hydrogen-bond donors (Lipinski definition) is 0. The van der Waals surface area contributed by atoms with Gasteiger partial charge in [-0.1, -0.05) is 18.2 Å². The minimum Gasteiger partial charge on any atom is -0.497 e. The fourth-order valence-electron chi connectivity index (χ4n) is 4.93. The molecule has 7 nitrogen and oxygen atoms in total. The summed E-state index contributed by atoms with van der Waals surface area (Å²) in [5.41, 5.74) is 1.53. The number of nitriles is 1. The van der Waals surface area contributed by atoms with Crippen LogP contribution in [0.4, 0.5) is 5.69 Å². The van der Waals surface area contributed by atoms with Crippen molar-refractivity contribution in [1.82, 2.24) is 4.90 Å². The van der Waals surface area contributed by atoms with Crippen molar-refractivity contribution in [3.05, 3.63) is 54.1 Å². The highest BCUT2D eigenvalue weighted by atomic mass is 16.5. The van der Waals surface area contributed by atoms with Gasteiger partial charge >= 0.3 is 0 Å². The molecule has 33 heavy (non-hydrogen) atoms. The number of carbonyl (C=O) groups excluding carboxylic acids is 2. The molecule has 2 amide bonds. The Balaban J connectivity index is 1.74. The molecule has 2 unspecified atom stereocenters. The van der Waals surface area contributed by atoms with Crippen LogP contribution in [0.3, 0.4) is 0 Å². The SMILES string of the molecule is COc1ccc(N2C(=O)CCC(C(=O)N3CCC(C#N)CC3)C2c2ccccc2OC)cc1. The average Bonchev–Trinajstić information content (AvgIpc) is 2.88. The molecule has 0 bridgehead atoms. The lowest BCUT2D eigenvalue weighted by Crippen LogP contribution is -2.50. The van der Waals surface area contributed by atoms with Gasteiger partial charge in [0, 0.05) is 36.7 Å². The van der Waals surface area contributed by atoms with Crippen LogP contribution in [0.25, 0.3) is 0 Å². The summed E-state index contributed by atoms with van der Waals surface area (Å²) in [5, 5.41) is 9.22. The molecule has 0 spiro atoms. The van der Waals surface area contributed by atoms with Gasteiger partial charge in [-0.25, -0.2) is 0 Å². The summed E-state index contributed by atoms with van der Waals surface area (Å²) in [6, 6.07) is 16.8. The Morgan fingerprint density at radius 1 is 1.00 bits per heavy atom. The lowest BCUT2D eigenvalue weighted by molar-refractivity contribution is -0.139. The maximum Gasteiger partial charge on any atom is 0.228 e. The summed E-state index contributed by atoms with van der Waals surface area (Å²) >= 11 is 0. The first-order valence-electron chi connectivity index (χ1n) is 11.3. The third kappa shape index (κ3) is 4.51. The standard InChI is InChI=1S/C26H29N3O4/c1-32-20-9-7-19(8-10-20)29-24(30)12-11-22(25(29)21-5-3-4-6-23(21)33-2)26(31)28-15-13-18(17-27)14-16-28/h3-10,18,22,25H,11-16H2,1-2H3. The summed E-state index contributed by atoms with van der Waals surface area (Å²) < 4.78 is 10.9. The Morgan fingerprint density at radius 3 is 2.33 bits per heavy atom. The smallest absolute Gasteiger partial charge is 0.228 e. The van der Waals surface area contributed by atoms with E-state index < -0.39 is 12.0 Å². The molecule has 0 aromatic heterocycles. The van der Waals surface area contributed by atoms with Gasteiger partial charge in [0.1, 0.15) is 11.5 Å². The summed E-state index contributed by atoms with van der Waals surface area (Å²) in [5.74, 6) is 0.959. The highest BCUT2D eigenvalue weighted by molar-refractivity contribution is 5.97. The van der Waals surface area contributed by atoms with E-state index in [9.17, 15) is 14.9 Å². The number of methoxy groups -OCH3 is 2. The fourth-order valence-corrected chi connectivity index (χ4v) is 4.93. The summed E-state index contributed by atoms with van der Waals surface area (Å²) in [7, 11) is 3.20. The van der Waals surface area contributed by atoms with Crippen molar-refractivity contribution in [2.75, 3.05) is 32.2 Å². The van der Waals surface area contributed by atoms with Gasteiger partial charge in [0.25, 0.3) is 0 Å². The van der Waals surface area contributed by atoms with E-state index in [1.54, 1.807) is 19.1 Å². The van der Waals surface area contributed by atoms with Crippen LogP contribution in [0.5, 0.6) is 11.5 Å². The van der Waals surface area contributed by atoms with Gasteiger partial charge < -0.3 is 19.3 Å². The van der Waals surface area contributed by atoms with Gasteiger partial charge in [0.15, 0.2) is 0 Å². The number of nitrogens with zero attached hydrogens (tertiary/aromatic N) is 3. The number of likely N-dealkylation sites (tertiary alicyclic amines) is 1. The van der Waals surface area contributed by atoms with Gasteiger partial charge in [0.2, 0.25) is 11.8 Å². The van der Waals surface area contributed by atoms with Crippen molar-refractivity contribution >= 4 is 17.5 Å². The van der Waals surface area contributed by atoms with Crippen LogP contribution >= 0.6 is 0 Å². The second-order valence-corrected chi connectivity index (χ2v) is 8.52. The summed E-state index contributed by atoms with van der Waals surface area (Å²) in [4.78, 5) is 30.6. The molecule has 0 radical (unpaired) electrons. The molecule has 2 aliphatic rings. The van der Waals surface area contributed by atoms with Crippen molar-refractivity contribution in [2.24, 2.45) is 11.8 Å². The van der Waals surface area contributed by atoms with Crippen LogP contribution in [0.1, 0.15) is 37.3 Å². The number of anilines is 1. The maximum atomic E-state index is 13.8. The van der Waals surface area contributed by atoms with E-state index in [-0.39, 0.29) is 17.7 Å². The highest BCUT2D eigenvalue weighted by Gasteiger charge is 2.44. The first-order chi connectivity index (χ1) is 16.1. The quantitative estimate of drug-likeness (QED) is 0.693. The van der Waals surface area contributed by atoms with Crippen molar-refractivity contribution in [1.29, 1.82) is 5.26 Å². The second-order valence-electron chi connectivity index (χ2n) is 8.52. The summed E-state index contributed by atoms with van der Waals surface area (Å²) in [6.45, 7) is 1.14. The minimum absolute atomic E-state index is 0.00259. The number of ether oxygens (including phenoxy) is 2. The minimum atomic E-state index is -0.489. The Kier molecular flexibility index (Phi) is 6.83. The molecule has 2 atom stereocenters. The zero-order chi connectivity index (χ0) is 23.4. The Bertz CT molecular complexity index is 1040. The van der Waals surface area contributed by atoms with Crippen LogP contribution in [-0.2, 0) is 9.59 Å². The molecule has 0 N–H and O–H groups in total. The topological polar surface area (TPSA) is 82.9 Å². The second kappa shape index (κ2) is 9.95. The van der Waals surface area contributed by atoms with E-state index in [0.717, 1.165) is 11.3 Å². The van der Waals surface area contributed by atoms with E-state index in [0.29, 0.717) is 50.3 Å². The molecule has 2 fully saturated rings. The Labute approximate surface area is 194 Å². The van der Waals surface area contributed by atoms with Gasteiger partial charge in [0.05, 0.1) is 32.2 Å². The lowest BCUT2D eigenvalue weighted by Gasteiger charge is -2.43. The monoisotopic (exact) mass is 447 g/mol. The predicted molar refractivity (Wildman–Crippen MR) is 124 cm³/mol. The van der Waals surface area contributed by atoms with Crippen molar-refractivity contribution < 1.29 is 19.1 Å². The van der Waals surface area contributed by atoms with Crippen LogP contribution in [0, 0.1) is 23.2 Å². The van der Waals surface area contributed by atoms with Crippen LogP contribution in [0.2, 0.25) is 0 Å². The van der Waals surface area contributed by atoms with Gasteiger partial charge in [-0.15, -0.1) is 0 Å². The Morgan fingerprint density at radius 2 is 1.70 bits per heavy atom. The molecule has 4 rings (SSSR count). The largest absolute Gasteiger partial charge is 0.497 e. The first-order valence-corrected chi connectivity index (χ1v) is 11.3. The molecule has 2 aromatic carbocycles. The summed E-state index contributed by atoms with van der Waals surface area (Å²) in [6.07, 6.45) is 2.15. The fraction of sp³-hybridized carbons (Fsp3) is 0.423. The van der Waals surface area contributed by atoms with Gasteiger partial charge in [-0.3, -0.25) is 9.59 Å². The van der Waals surface area contributed by atoms with Gasteiger partial charge in [-0.05, 0) is 49.6 Å². The number of rotatable bonds is 5. The average molecular weight is 448 g/mol. The number of hydrogen-bond acceptors (Lipinski definition) is 5. The Hall–Kier alpha value is -3.53. The van der Waals surface area contributed by atoms with Crippen LogP contribution < -0.4 is 14.4 Å². The highest BCUT2D eigenvalue weighted by Crippen LogP contribution is 2.44. The molecule has 2 aliphatic heterocycles. The molecular formula is C26H29N3O4. The molecule has 2 aromatic rings. The van der Waals surface area contributed by atoms with Crippen LogP contribution in [-0.4, -0.2) is 44.0 Å². The lowest BCUT2D eigenvalue weighted by atomic mass is 9.82. The van der Waals surface area contributed by atoms with E-state index in [1.165, 1.54) is 0 Å². The zero-order valence-electron chi connectivity index (χ0n) is 19.1. The zero-order valence-corrected chi connectivity index (χ0v) is 19.1. The number of benzene rings is 2. The number of para-hydroxylation sites is 1. The predicted octanol–water partition coefficient (Wildman–Crippen LogP) is 3.95. The molecule has 172 valence electrons. The number of amides is 2.